The average Bonchev–Trinajstić information content (AvgIpc) is 2.46. The zero-order chi connectivity index (χ0) is 16.4. The zero-order valence-electron chi connectivity index (χ0n) is 14.0. The highest BCUT2D eigenvalue weighted by molar-refractivity contribution is 9.10. The molecule has 4 heteroatoms. The van der Waals surface area contributed by atoms with Gasteiger partial charge in [-0.15, -0.1) is 0 Å². The summed E-state index contributed by atoms with van der Waals surface area (Å²) in [4.78, 5) is 0. The molecule has 0 fully saturated rings. The van der Waals surface area contributed by atoms with Crippen molar-refractivity contribution in [3.63, 3.8) is 0 Å². The van der Waals surface area contributed by atoms with Crippen LogP contribution in [-0.4, -0.2) is 16.1 Å². The van der Waals surface area contributed by atoms with E-state index in [9.17, 15) is 0 Å². The summed E-state index contributed by atoms with van der Waals surface area (Å²) in [6.45, 7) is 9.93. The predicted octanol–water partition coefficient (Wildman–Crippen LogP) is 4.56. The lowest BCUT2D eigenvalue weighted by Crippen LogP contribution is -2.47. The van der Waals surface area contributed by atoms with Crippen LogP contribution in [0.5, 0.6) is 0 Å². The third-order valence-corrected chi connectivity index (χ3v) is 12.5. The molecule has 118 valence electrons. The Labute approximate surface area is 145 Å². The molecule has 1 nitrogen and oxygen atoms in total. The molecule has 0 bridgehead atoms. The maximum Gasteiger partial charge on any atom is 0.0803 e. The predicted molar refractivity (Wildman–Crippen MR) is 109 cm³/mol. The van der Waals surface area contributed by atoms with Gasteiger partial charge in [0.25, 0.3) is 0 Å². The molecule has 0 aliphatic carbocycles. The molecular formula is C18H26BrNSi2. The van der Waals surface area contributed by atoms with Gasteiger partial charge in [0.1, 0.15) is 0 Å². The van der Waals surface area contributed by atoms with Gasteiger partial charge in [0.05, 0.1) is 16.1 Å². The first-order chi connectivity index (χ1) is 10.2. The van der Waals surface area contributed by atoms with E-state index in [2.05, 4.69) is 78.5 Å². The van der Waals surface area contributed by atoms with Gasteiger partial charge >= 0.3 is 0 Å². The van der Waals surface area contributed by atoms with Crippen LogP contribution in [-0.2, 0) is 0 Å². The summed E-state index contributed by atoms with van der Waals surface area (Å²) in [7, 11) is -2.75. The molecule has 0 radical (unpaired) electrons. The van der Waals surface area contributed by atoms with Crippen LogP contribution in [0.3, 0.4) is 0 Å². The largest absolute Gasteiger partial charge is 0.399 e. The molecule has 2 rings (SSSR count). The molecule has 0 aliphatic rings. The highest BCUT2D eigenvalue weighted by Gasteiger charge is 2.29. The fourth-order valence-corrected chi connectivity index (χ4v) is 10.7. The van der Waals surface area contributed by atoms with E-state index >= 15 is 0 Å². The molecule has 0 aliphatic heterocycles. The monoisotopic (exact) mass is 391 g/mol. The van der Waals surface area contributed by atoms with Gasteiger partial charge in [-0.2, -0.15) is 0 Å². The first kappa shape index (κ1) is 17.5. The molecule has 2 N–H and O–H groups in total. The second kappa shape index (κ2) is 6.73. The van der Waals surface area contributed by atoms with E-state index in [-0.39, 0.29) is 0 Å². The normalized spacial score (nSPS) is 12.4. The van der Waals surface area contributed by atoms with Crippen molar-refractivity contribution in [1.82, 2.24) is 0 Å². The number of halogens is 1. The Morgan fingerprint density at radius 2 is 1.09 bits per heavy atom. The van der Waals surface area contributed by atoms with Crippen LogP contribution in [0.15, 0.2) is 53.0 Å². The Balaban J connectivity index is 2.10. The van der Waals surface area contributed by atoms with Crippen molar-refractivity contribution < 1.29 is 0 Å². The summed E-state index contributed by atoms with van der Waals surface area (Å²) in [5.74, 6) is 0. The third-order valence-electron chi connectivity index (χ3n) is 4.69. The van der Waals surface area contributed by atoms with E-state index in [4.69, 9.17) is 5.73 Å². The Morgan fingerprint density at radius 1 is 0.727 bits per heavy atom. The lowest BCUT2D eigenvalue weighted by Gasteiger charge is -2.29. The standard InChI is InChI=1S/C18H26BrNSi2/c1-21(2,17-9-5-15(19)6-10-17)13-14-22(3,4)18-11-7-16(20)8-12-18/h5-12H,13-14,20H2,1-4H3. The topological polar surface area (TPSA) is 26.0 Å². The van der Waals surface area contributed by atoms with Crippen molar-refractivity contribution in [3.8, 4) is 0 Å². The minimum atomic E-state index is -1.39. The highest BCUT2D eigenvalue weighted by Crippen LogP contribution is 2.21. The first-order valence-electron chi connectivity index (χ1n) is 7.83. The number of nitrogens with two attached hydrogens (primary N) is 1. The van der Waals surface area contributed by atoms with Crippen LogP contribution < -0.4 is 16.1 Å². The molecule has 0 aromatic heterocycles. The lowest BCUT2D eigenvalue weighted by molar-refractivity contribution is 1.29. The van der Waals surface area contributed by atoms with E-state index in [0.717, 1.165) is 10.2 Å². The van der Waals surface area contributed by atoms with Gasteiger partial charge < -0.3 is 5.73 Å². The molecule has 0 amide bonds. The maximum atomic E-state index is 5.82. The van der Waals surface area contributed by atoms with Crippen LogP contribution in [0.2, 0.25) is 38.3 Å². The summed E-state index contributed by atoms with van der Waals surface area (Å²) in [6, 6.07) is 20.2. The van der Waals surface area contributed by atoms with Gasteiger partial charge in [-0.3, -0.25) is 0 Å². The molecule has 0 atom stereocenters. The summed E-state index contributed by atoms with van der Waals surface area (Å²) in [5, 5.41) is 3.07. The van der Waals surface area contributed by atoms with Gasteiger partial charge in [-0.25, -0.2) is 0 Å². The lowest BCUT2D eigenvalue weighted by atomic mass is 10.3. The minimum Gasteiger partial charge on any atom is -0.399 e. The summed E-state index contributed by atoms with van der Waals surface area (Å²) in [5.41, 5.74) is 6.68. The van der Waals surface area contributed by atoms with Crippen LogP contribution in [0.1, 0.15) is 0 Å². The number of anilines is 1. The van der Waals surface area contributed by atoms with Crippen molar-refractivity contribution >= 4 is 48.1 Å². The number of benzene rings is 2. The van der Waals surface area contributed by atoms with Crippen molar-refractivity contribution in [2.75, 3.05) is 5.73 Å². The maximum absolute atomic E-state index is 5.82. The third kappa shape index (κ3) is 4.34. The molecule has 0 unspecified atom stereocenters. The molecule has 0 heterocycles. The Morgan fingerprint density at radius 3 is 1.50 bits per heavy atom. The van der Waals surface area contributed by atoms with Crippen molar-refractivity contribution in [1.29, 1.82) is 0 Å². The summed E-state index contributed by atoms with van der Waals surface area (Å²) in [6.07, 6.45) is 0. The second-order valence-corrected chi connectivity index (χ2v) is 18.0. The highest BCUT2D eigenvalue weighted by atomic mass is 79.9. The smallest absolute Gasteiger partial charge is 0.0803 e. The Hall–Kier alpha value is -0.846. The van der Waals surface area contributed by atoms with E-state index in [1.54, 1.807) is 5.19 Å². The molecule has 0 saturated heterocycles. The average molecular weight is 392 g/mol. The SMILES string of the molecule is C[Si](C)(CC[Si](C)(C)c1ccc(Br)cc1)c1ccc(N)cc1. The van der Waals surface area contributed by atoms with Gasteiger partial charge in [-0.1, -0.05) is 88.8 Å². The van der Waals surface area contributed by atoms with Gasteiger partial charge in [0.15, 0.2) is 0 Å². The number of nitrogen functional groups attached to an aromatic ring is 1. The Bertz CT molecular complexity index is 561. The number of hydrogen-bond donors (Lipinski definition) is 1. The number of hydrogen-bond acceptors (Lipinski definition) is 1. The van der Waals surface area contributed by atoms with Gasteiger partial charge in [0.2, 0.25) is 0 Å². The van der Waals surface area contributed by atoms with Crippen molar-refractivity contribution in [2.45, 2.75) is 38.3 Å². The van der Waals surface area contributed by atoms with Gasteiger partial charge in [0, 0.05) is 10.2 Å². The second-order valence-electron chi connectivity index (χ2n) is 7.40. The molecule has 22 heavy (non-hydrogen) atoms. The molecule has 2 aromatic carbocycles. The summed E-state index contributed by atoms with van der Waals surface area (Å²) < 4.78 is 1.16. The van der Waals surface area contributed by atoms with E-state index in [1.807, 2.05) is 12.1 Å². The zero-order valence-corrected chi connectivity index (χ0v) is 17.6. The number of rotatable bonds is 5. The van der Waals surface area contributed by atoms with Crippen molar-refractivity contribution in [3.05, 3.63) is 53.0 Å². The van der Waals surface area contributed by atoms with E-state index in [1.165, 1.54) is 17.3 Å². The van der Waals surface area contributed by atoms with Crippen LogP contribution in [0.25, 0.3) is 0 Å². The van der Waals surface area contributed by atoms with E-state index in [0.29, 0.717) is 0 Å². The Kier molecular flexibility index (Phi) is 5.35. The quantitative estimate of drug-likeness (QED) is 0.586. The fraction of sp³-hybridized carbons (Fsp3) is 0.333. The first-order valence-corrected chi connectivity index (χ1v) is 15.0. The minimum absolute atomic E-state index is 0.859. The molecular weight excluding hydrogens is 366 g/mol. The van der Waals surface area contributed by atoms with E-state index < -0.39 is 16.1 Å². The van der Waals surface area contributed by atoms with Gasteiger partial charge in [-0.05, 0) is 24.3 Å². The molecule has 2 aromatic rings. The van der Waals surface area contributed by atoms with Crippen LogP contribution in [0, 0.1) is 0 Å². The molecule has 0 spiro atoms. The molecule has 0 saturated carbocycles. The van der Waals surface area contributed by atoms with Crippen LogP contribution in [0.4, 0.5) is 5.69 Å². The summed E-state index contributed by atoms with van der Waals surface area (Å²) >= 11 is 3.53. The van der Waals surface area contributed by atoms with Crippen LogP contribution >= 0.6 is 15.9 Å². The van der Waals surface area contributed by atoms with Crippen molar-refractivity contribution in [2.24, 2.45) is 0 Å². The fourth-order valence-electron chi connectivity index (χ4n) is 2.75.